The number of nitrogens with one attached hydrogen (secondary N) is 2. The van der Waals surface area contributed by atoms with Crippen LogP contribution in [-0.2, 0) is 4.74 Å². The second kappa shape index (κ2) is 12.4. The molecule has 2 fully saturated rings. The molecule has 6 nitrogen and oxygen atoms in total. The number of ether oxygens (including phenoxy) is 1. The van der Waals surface area contributed by atoms with Crippen molar-refractivity contribution in [2.75, 3.05) is 63.9 Å². The predicted octanol–water partition coefficient (Wildman–Crippen LogP) is 2.16. The third-order valence-electron chi connectivity index (χ3n) is 5.00. The van der Waals surface area contributed by atoms with Crippen LogP contribution in [0.3, 0.4) is 0 Å². The maximum atomic E-state index is 5.40. The molecular weight excluding hydrogens is 453 g/mol. The predicted molar refractivity (Wildman–Crippen MR) is 123 cm³/mol. The largest absolute Gasteiger partial charge is 0.379 e. The minimum atomic E-state index is 0. The van der Waals surface area contributed by atoms with Crippen LogP contribution in [0.15, 0.2) is 35.3 Å². The zero-order valence-electron chi connectivity index (χ0n) is 16.4. The molecule has 0 amide bonds. The number of hydrogen-bond acceptors (Lipinski definition) is 4. The van der Waals surface area contributed by atoms with Crippen molar-refractivity contribution in [2.45, 2.75) is 25.8 Å². The highest BCUT2D eigenvalue weighted by Gasteiger charge is 2.23. The molecule has 0 spiro atoms. The average Bonchev–Trinajstić information content (AvgIpc) is 3.15. The fraction of sp³-hybridized carbons (Fsp3) is 0.650. The molecule has 0 radical (unpaired) electrons. The number of morpholine rings is 1. The van der Waals surface area contributed by atoms with Gasteiger partial charge in [-0.1, -0.05) is 18.2 Å². The van der Waals surface area contributed by atoms with E-state index >= 15 is 0 Å². The molecule has 2 aliphatic heterocycles. The van der Waals surface area contributed by atoms with Crippen LogP contribution < -0.4 is 15.5 Å². The summed E-state index contributed by atoms with van der Waals surface area (Å²) < 4.78 is 5.40. The van der Waals surface area contributed by atoms with E-state index in [0.29, 0.717) is 6.04 Å². The smallest absolute Gasteiger partial charge is 0.191 e. The maximum absolute atomic E-state index is 5.40. The topological polar surface area (TPSA) is 52.1 Å². The van der Waals surface area contributed by atoms with Crippen LogP contribution in [0.4, 0.5) is 5.69 Å². The molecule has 3 rings (SSSR count). The van der Waals surface area contributed by atoms with Crippen molar-refractivity contribution in [3.63, 3.8) is 0 Å². The average molecular weight is 487 g/mol. The van der Waals surface area contributed by atoms with Crippen LogP contribution in [0.5, 0.6) is 0 Å². The first-order valence-corrected chi connectivity index (χ1v) is 10.00. The van der Waals surface area contributed by atoms with E-state index in [0.717, 1.165) is 77.8 Å². The van der Waals surface area contributed by atoms with Gasteiger partial charge in [0.2, 0.25) is 0 Å². The highest BCUT2D eigenvalue weighted by Crippen LogP contribution is 2.19. The fourth-order valence-corrected chi connectivity index (χ4v) is 3.57. The third kappa shape index (κ3) is 7.46. The van der Waals surface area contributed by atoms with Gasteiger partial charge >= 0.3 is 0 Å². The van der Waals surface area contributed by atoms with E-state index in [1.165, 1.54) is 5.69 Å². The van der Waals surface area contributed by atoms with Crippen molar-refractivity contribution < 1.29 is 4.74 Å². The van der Waals surface area contributed by atoms with Crippen molar-refractivity contribution in [2.24, 2.45) is 4.99 Å². The van der Waals surface area contributed by atoms with E-state index in [9.17, 15) is 0 Å². The molecule has 1 atom stereocenters. The number of anilines is 1. The van der Waals surface area contributed by atoms with Gasteiger partial charge < -0.3 is 20.3 Å². The molecule has 7 heteroatoms. The van der Waals surface area contributed by atoms with Gasteiger partial charge in [0.15, 0.2) is 5.96 Å². The molecule has 0 saturated carbocycles. The number of halogens is 1. The second-order valence-corrected chi connectivity index (χ2v) is 6.98. The van der Waals surface area contributed by atoms with Gasteiger partial charge in [-0.2, -0.15) is 0 Å². The Labute approximate surface area is 180 Å². The van der Waals surface area contributed by atoms with Crippen molar-refractivity contribution in [1.29, 1.82) is 0 Å². The van der Waals surface area contributed by atoms with Gasteiger partial charge in [-0.25, -0.2) is 0 Å². The monoisotopic (exact) mass is 487 g/mol. The molecule has 1 aromatic carbocycles. The van der Waals surface area contributed by atoms with Crippen LogP contribution >= 0.6 is 24.0 Å². The van der Waals surface area contributed by atoms with Crippen LogP contribution in [-0.4, -0.2) is 75.9 Å². The molecule has 2 heterocycles. The minimum absolute atomic E-state index is 0. The van der Waals surface area contributed by atoms with Crippen LogP contribution in [0.2, 0.25) is 0 Å². The molecule has 1 unspecified atom stereocenters. The summed E-state index contributed by atoms with van der Waals surface area (Å²) in [5.74, 6) is 0.953. The summed E-state index contributed by atoms with van der Waals surface area (Å²) in [6.45, 7) is 11.0. The summed E-state index contributed by atoms with van der Waals surface area (Å²) >= 11 is 0. The fourth-order valence-electron chi connectivity index (χ4n) is 3.57. The number of rotatable bonds is 7. The van der Waals surface area contributed by atoms with Crippen molar-refractivity contribution in [1.82, 2.24) is 15.5 Å². The molecule has 0 bridgehead atoms. The number of para-hydroxylation sites is 1. The summed E-state index contributed by atoms with van der Waals surface area (Å²) in [6.07, 6.45) is 2.24. The second-order valence-electron chi connectivity index (χ2n) is 6.98. The Bertz CT molecular complexity index is 551. The lowest BCUT2D eigenvalue weighted by Gasteiger charge is -2.26. The van der Waals surface area contributed by atoms with Crippen molar-refractivity contribution in [3.05, 3.63) is 30.3 Å². The van der Waals surface area contributed by atoms with Gasteiger partial charge in [0.05, 0.1) is 13.2 Å². The zero-order chi connectivity index (χ0) is 18.0. The zero-order valence-corrected chi connectivity index (χ0v) is 18.7. The Morgan fingerprint density at radius 2 is 1.96 bits per heavy atom. The summed E-state index contributed by atoms with van der Waals surface area (Å²) in [5.41, 5.74) is 1.31. The SMILES string of the molecule is CCNC(=NCCCN1CCOCC1)NC1CCN(c2ccccc2)C1.I. The first-order chi connectivity index (χ1) is 12.8. The lowest BCUT2D eigenvalue weighted by atomic mass is 10.2. The number of nitrogens with zero attached hydrogens (tertiary/aromatic N) is 3. The Morgan fingerprint density at radius 3 is 2.70 bits per heavy atom. The Hall–Kier alpha value is -1.06. The molecule has 0 aliphatic carbocycles. The van der Waals surface area contributed by atoms with Gasteiger partial charge in [0.25, 0.3) is 0 Å². The summed E-state index contributed by atoms with van der Waals surface area (Å²) in [6, 6.07) is 11.1. The number of benzene rings is 1. The van der Waals surface area contributed by atoms with E-state index in [4.69, 9.17) is 9.73 Å². The lowest BCUT2D eigenvalue weighted by Crippen LogP contribution is -2.44. The first-order valence-electron chi connectivity index (χ1n) is 10.00. The van der Waals surface area contributed by atoms with Crippen molar-refractivity contribution >= 4 is 35.6 Å². The van der Waals surface area contributed by atoms with Gasteiger partial charge in [0, 0.05) is 57.5 Å². The van der Waals surface area contributed by atoms with Crippen LogP contribution in [0.1, 0.15) is 19.8 Å². The quantitative estimate of drug-likeness (QED) is 0.267. The molecular formula is C20H34IN5O. The lowest BCUT2D eigenvalue weighted by molar-refractivity contribution is 0.0377. The van der Waals surface area contributed by atoms with Crippen molar-refractivity contribution in [3.8, 4) is 0 Å². The highest BCUT2D eigenvalue weighted by atomic mass is 127. The summed E-state index contributed by atoms with van der Waals surface area (Å²) in [7, 11) is 0. The molecule has 27 heavy (non-hydrogen) atoms. The molecule has 2 saturated heterocycles. The van der Waals surface area contributed by atoms with E-state index in [2.05, 4.69) is 57.7 Å². The van der Waals surface area contributed by atoms with Gasteiger partial charge in [-0.05, 0) is 31.9 Å². The number of aliphatic imine (C=N–C) groups is 1. The Kier molecular flexibility index (Phi) is 10.2. The van der Waals surface area contributed by atoms with E-state index in [1.807, 2.05) is 0 Å². The number of hydrogen-bond donors (Lipinski definition) is 2. The van der Waals surface area contributed by atoms with Gasteiger partial charge in [-0.3, -0.25) is 9.89 Å². The van der Waals surface area contributed by atoms with E-state index in [1.54, 1.807) is 0 Å². The molecule has 2 aliphatic rings. The normalized spacial score (nSPS) is 21.0. The van der Waals surface area contributed by atoms with Crippen LogP contribution in [0.25, 0.3) is 0 Å². The van der Waals surface area contributed by atoms with Crippen LogP contribution in [0, 0.1) is 0 Å². The maximum Gasteiger partial charge on any atom is 0.191 e. The van der Waals surface area contributed by atoms with E-state index < -0.39 is 0 Å². The molecule has 152 valence electrons. The molecule has 0 aromatic heterocycles. The summed E-state index contributed by atoms with van der Waals surface area (Å²) in [4.78, 5) is 9.69. The van der Waals surface area contributed by atoms with Gasteiger partial charge in [-0.15, -0.1) is 24.0 Å². The first kappa shape index (κ1) is 22.2. The minimum Gasteiger partial charge on any atom is -0.379 e. The third-order valence-corrected chi connectivity index (χ3v) is 5.00. The highest BCUT2D eigenvalue weighted by molar-refractivity contribution is 14.0. The Morgan fingerprint density at radius 1 is 1.19 bits per heavy atom. The Balaban J connectivity index is 0.00000261. The molecule has 1 aromatic rings. The molecule has 2 N–H and O–H groups in total. The standard InChI is InChI=1S/C20H33N5O.HI/c1-2-21-20(22-10-6-11-24-13-15-26-16-14-24)23-18-9-12-25(17-18)19-7-4-3-5-8-19;/h3-5,7-8,18H,2,6,9-17H2,1H3,(H2,21,22,23);1H. The summed E-state index contributed by atoms with van der Waals surface area (Å²) in [5, 5.41) is 7.01. The number of guanidine groups is 1. The van der Waals surface area contributed by atoms with E-state index in [-0.39, 0.29) is 24.0 Å². The van der Waals surface area contributed by atoms with Gasteiger partial charge in [0.1, 0.15) is 0 Å².